The summed E-state index contributed by atoms with van der Waals surface area (Å²) in [6.45, 7) is 0.202. The Morgan fingerprint density at radius 1 is 1.45 bits per heavy atom. The van der Waals surface area contributed by atoms with Gasteiger partial charge in [0.15, 0.2) is 0 Å². The van der Waals surface area contributed by atoms with Crippen LogP contribution in [-0.2, 0) is 0 Å². The van der Waals surface area contributed by atoms with Crippen LogP contribution in [0.1, 0.15) is 28.6 Å². The number of hydrogen-bond acceptors (Lipinski definition) is 5. The van der Waals surface area contributed by atoms with Crippen molar-refractivity contribution in [3.8, 4) is 0 Å². The first-order valence-electron chi connectivity index (χ1n) is 6.42. The second kappa shape index (κ2) is 7.06. The molecule has 0 aliphatic carbocycles. The van der Waals surface area contributed by atoms with Crippen molar-refractivity contribution in [3.05, 3.63) is 63.1 Å². The van der Waals surface area contributed by atoms with Gasteiger partial charge in [-0.2, -0.15) is 0 Å². The molecular formula is C14H13ClN2O5. The number of carbonyl (C=O) groups excluding carboxylic acids is 1. The second-order valence-corrected chi connectivity index (χ2v) is 4.90. The third kappa shape index (κ3) is 3.84. The lowest BCUT2D eigenvalue weighted by Crippen LogP contribution is -2.25. The molecule has 1 heterocycles. The van der Waals surface area contributed by atoms with Crippen LogP contribution in [0.2, 0.25) is 5.02 Å². The Kier molecular flexibility index (Phi) is 5.13. The van der Waals surface area contributed by atoms with E-state index in [0.717, 1.165) is 6.07 Å². The summed E-state index contributed by atoms with van der Waals surface area (Å²) in [5, 5.41) is 23.0. The van der Waals surface area contributed by atoms with E-state index in [1.54, 1.807) is 12.1 Å². The van der Waals surface area contributed by atoms with Gasteiger partial charge in [-0.25, -0.2) is 0 Å². The van der Waals surface area contributed by atoms with Crippen LogP contribution in [-0.4, -0.2) is 22.5 Å². The first kappa shape index (κ1) is 16.0. The Balaban J connectivity index is 1.91. The van der Waals surface area contributed by atoms with Crippen molar-refractivity contribution < 1.29 is 19.2 Å². The largest absolute Gasteiger partial charge is 0.467 e. The van der Waals surface area contributed by atoms with Crippen LogP contribution in [0.5, 0.6) is 0 Å². The molecule has 116 valence electrons. The highest BCUT2D eigenvalue weighted by molar-refractivity contribution is 6.34. The van der Waals surface area contributed by atoms with Gasteiger partial charge >= 0.3 is 0 Å². The van der Waals surface area contributed by atoms with E-state index in [2.05, 4.69) is 5.32 Å². The third-order valence-corrected chi connectivity index (χ3v) is 3.30. The van der Waals surface area contributed by atoms with Crippen molar-refractivity contribution in [3.63, 3.8) is 0 Å². The Bertz CT molecular complexity index is 672. The minimum Gasteiger partial charge on any atom is -0.467 e. The predicted molar refractivity (Wildman–Crippen MR) is 78.7 cm³/mol. The molecule has 8 heteroatoms. The lowest BCUT2D eigenvalue weighted by molar-refractivity contribution is -0.384. The van der Waals surface area contributed by atoms with Crippen LogP contribution in [0.4, 0.5) is 5.69 Å². The molecule has 22 heavy (non-hydrogen) atoms. The number of nitro benzene ring substituents is 1. The van der Waals surface area contributed by atoms with E-state index < -0.39 is 16.9 Å². The number of nitro groups is 1. The van der Waals surface area contributed by atoms with Crippen LogP contribution < -0.4 is 5.32 Å². The van der Waals surface area contributed by atoms with Crippen LogP contribution in [0.25, 0.3) is 0 Å². The van der Waals surface area contributed by atoms with Gasteiger partial charge in [0.1, 0.15) is 11.9 Å². The molecule has 0 saturated heterocycles. The van der Waals surface area contributed by atoms with Crippen LogP contribution in [0.15, 0.2) is 41.0 Å². The highest BCUT2D eigenvalue weighted by Crippen LogP contribution is 2.22. The average Bonchev–Trinajstić information content (AvgIpc) is 3.01. The normalized spacial score (nSPS) is 11.9. The number of aliphatic hydroxyl groups excluding tert-OH is 1. The predicted octanol–water partition coefficient (Wildman–Crippen LogP) is 2.69. The van der Waals surface area contributed by atoms with Gasteiger partial charge in [0.25, 0.3) is 11.6 Å². The summed E-state index contributed by atoms with van der Waals surface area (Å²) in [5.41, 5.74) is -0.0467. The van der Waals surface area contributed by atoms with Gasteiger partial charge in [0.2, 0.25) is 0 Å². The summed E-state index contributed by atoms with van der Waals surface area (Å²) in [4.78, 5) is 22.0. The smallest absolute Gasteiger partial charge is 0.270 e. The number of nitrogens with zero attached hydrogens (tertiary/aromatic N) is 1. The first-order valence-corrected chi connectivity index (χ1v) is 6.80. The molecule has 0 aliphatic heterocycles. The fourth-order valence-corrected chi connectivity index (χ4v) is 2.10. The zero-order chi connectivity index (χ0) is 16.1. The number of amides is 1. The maximum Gasteiger partial charge on any atom is 0.270 e. The lowest BCUT2D eigenvalue weighted by atomic mass is 10.1. The van der Waals surface area contributed by atoms with E-state index >= 15 is 0 Å². The molecule has 0 spiro atoms. The maximum absolute atomic E-state index is 11.9. The zero-order valence-corrected chi connectivity index (χ0v) is 12.1. The van der Waals surface area contributed by atoms with E-state index in [1.165, 1.54) is 18.4 Å². The molecule has 1 aromatic carbocycles. The minimum absolute atomic E-state index is 0.00159. The van der Waals surface area contributed by atoms with Gasteiger partial charge in [-0.3, -0.25) is 14.9 Å². The number of benzene rings is 1. The second-order valence-electron chi connectivity index (χ2n) is 4.50. The van der Waals surface area contributed by atoms with Crippen molar-refractivity contribution in [2.45, 2.75) is 12.5 Å². The maximum atomic E-state index is 11.9. The van der Waals surface area contributed by atoms with Gasteiger partial charge < -0.3 is 14.8 Å². The number of rotatable bonds is 6. The van der Waals surface area contributed by atoms with Crippen molar-refractivity contribution in [1.29, 1.82) is 0 Å². The van der Waals surface area contributed by atoms with E-state index in [9.17, 15) is 20.0 Å². The first-order chi connectivity index (χ1) is 10.5. The number of halogens is 1. The van der Waals surface area contributed by atoms with Crippen molar-refractivity contribution in [2.75, 3.05) is 6.54 Å². The van der Waals surface area contributed by atoms with Gasteiger partial charge in [-0.05, 0) is 24.6 Å². The Hall–Kier alpha value is -2.38. The fraction of sp³-hybridized carbons (Fsp3) is 0.214. The van der Waals surface area contributed by atoms with E-state index in [-0.39, 0.29) is 29.2 Å². The molecule has 0 aliphatic rings. The Morgan fingerprint density at radius 2 is 2.23 bits per heavy atom. The summed E-state index contributed by atoms with van der Waals surface area (Å²) in [6.07, 6.45) is 0.903. The molecule has 0 saturated carbocycles. The number of hydrogen-bond donors (Lipinski definition) is 2. The standard InChI is InChI=1S/C14H13ClN2O5/c15-11-8-9(17(20)21)3-4-10(11)14(19)16-6-5-12(18)13-2-1-7-22-13/h1-4,7-8,12,18H,5-6H2,(H,16,19). The summed E-state index contributed by atoms with van der Waals surface area (Å²) in [5.74, 6) is -0.0471. The zero-order valence-electron chi connectivity index (χ0n) is 11.4. The summed E-state index contributed by atoms with van der Waals surface area (Å²) >= 11 is 5.86. The van der Waals surface area contributed by atoms with Crippen LogP contribution >= 0.6 is 11.6 Å². The molecule has 2 aromatic rings. The molecule has 0 fully saturated rings. The van der Waals surface area contributed by atoms with Gasteiger partial charge in [-0.1, -0.05) is 11.6 Å². The number of carbonyl (C=O) groups is 1. The summed E-state index contributed by atoms with van der Waals surface area (Å²) in [7, 11) is 0. The Labute approximate surface area is 130 Å². The molecule has 7 nitrogen and oxygen atoms in total. The number of furan rings is 1. The van der Waals surface area contributed by atoms with E-state index in [1.807, 2.05) is 0 Å². The van der Waals surface area contributed by atoms with Crippen LogP contribution in [0.3, 0.4) is 0 Å². The molecule has 1 aromatic heterocycles. The molecule has 1 atom stereocenters. The SMILES string of the molecule is O=C(NCCC(O)c1ccco1)c1ccc([N+](=O)[O-])cc1Cl. The highest BCUT2D eigenvalue weighted by Gasteiger charge is 2.16. The minimum atomic E-state index is -0.817. The molecule has 1 unspecified atom stereocenters. The van der Waals surface area contributed by atoms with Gasteiger partial charge in [0.05, 0.1) is 21.8 Å². The number of aliphatic hydroxyl groups is 1. The van der Waals surface area contributed by atoms with Gasteiger partial charge in [0, 0.05) is 18.7 Å². The number of non-ortho nitro benzene ring substituents is 1. The highest BCUT2D eigenvalue weighted by atomic mass is 35.5. The Morgan fingerprint density at radius 3 is 2.82 bits per heavy atom. The van der Waals surface area contributed by atoms with Gasteiger partial charge in [-0.15, -0.1) is 0 Å². The topological polar surface area (TPSA) is 106 Å². The molecule has 2 rings (SSSR count). The summed E-state index contributed by atoms with van der Waals surface area (Å²) < 4.78 is 5.04. The monoisotopic (exact) mass is 324 g/mol. The fourth-order valence-electron chi connectivity index (χ4n) is 1.84. The van der Waals surface area contributed by atoms with Crippen molar-refractivity contribution in [1.82, 2.24) is 5.32 Å². The molecule has 1 amide bonds. The average molecular weight is 325 g/mol. The quantitative estimate of drug-likeness (QED) is 0.627. The summed E-state index contributed by atoms with van der Waals surface area (Å²) in [6, 6.07) is 6.92. The van der Waals surface area contributed by atoms with Crippen molar-refractivity contribution in [2.24, 2.45) is 0 Å². The molecule has 0 bridgehead atoms. The number of nitrogens with one attached hydrogen (secondary N) is 1. The van der Waals surface area contributed by atoms with E-state index in [0.29, 0.717) is 5.76 Å². The molecule has 2 N–H and O–H groups in total. The molecular weight excluding hydrogens is 312 g/mol. The van der Waals surface area contributed by atoms with Crippen molar-refractivity contribution >= 4 is 23.2 Å². The molecule has 0 radical (unpaired) electrons. The van der Waals surface area contributed by atoms with Crippen LogP contribution in [0, 0.1) is 10.1 Å². The third-order valence-electron chi connectivity index (χ3n) is 2.98. The lowest BCUT2D eigenvalue weighted by Gasteiger charge is -2.09. The van der Waals surface area contributed by atoms with E-state index in [4.69, 9.17) is 16.0 Å².